The molecule has 9 atom stereocenters. The van der Waals surface area contributed by atoms with Crippen molar-refractivity contribution < 1.29 is 37.1 Å². The zero-order valence-corrected chi connectivity index (χ0v) is 21.1. The molecule has 0 aromatic carbocycles. The molecule has 0 unspecified atom stereocenters. The third kappa shape index (κ3) is 2.58. The van der Waals surface area contributed by atoms with E-state index in [-0.39, 0.29) is 23.9 Å². The molecule has 1 aliphatic heterocycles. The number of ketones is 1. The second kappa shape index (κ2) is 7.63. The first-order chi connectivity index (χ1) is 17.1. The van der Waals surface area contributed by atoms with Crippen molar-refractivity contribution in [3.8, 4) is 0 Å². The molecule has 0 N–H and O–H groups in total. The first-order valence-corrected chi connectivity index (χ1v) is 13.3. The number of esters is 1. The Bertz CT molecular complexity index is 1210. The Morgan fingerprint density at radius 3 is 2.72 bits per heavy atom. The molecule has 192 valence electrons. The van der Waals surface area contributed by atoms with Crippen LogP contribution in [0.2, 0.25) is 0 Å². The van der Waals surface area contributed by atoms with Gasteiger partial charge in [0, 0.05) is 17.3 Å². The summed E-state index contributed by atoms with van der Waals surface area (Å²) < 4.78 is 48.5. The third-order valence-electron chi connectivity index (χ3n) is 10.0. The summed E-state index contributed by atoms with van der Waals surface area (Å²) in [5.41, 5.74) is -4.97. The van der Waals surface area contributed by atoms with Crippen molar-refractivity contribution >= 4 is 28.6 Å². The fraction of sp³-hybridized carbons (Fsp3) is 0.593. The normalized spacial score (nSPS) is 46.2. The van der Waals surface area contributed by atoms with Gasteiger partial charge in [-0.2, -0.15) is 0 Å². The lowest BCUT2D eigenvalue weighted by Gasteiger charge is -2.59. The molecular formula is C27H28F2O6S. The van der Waals surface area contributed by atoms with E-state index in [0.717, 1.165) is 5.57 Å². The van der Waals surface area contributed by atoms with Crippen LogP contribution < -0.4 is 0 Å². The number of allylic oxidation sites excluding steroid dienone is 2. The van der Waals surface area contributed by atoms with Crippen molar-refractivity contribution in [2.75, 3.05) is 6.01 Å². The van der Waals surface area contributed by atoms with Gasteiger partial charge < -0.3 is 13.9 Å². The molecule has 1 saturated heterocycles. The summed E-state index contributed by atoms with van der Waals surface area (Å²) in [5, 5.41) is -0.597. The second-order valence-electron chi connectivity index (χ2n) is 11.2. The first-order valence-electron chi connectivity index (χ1n) is 12.3. The van der Waals surface area contributed by atoms with Crippen molar-refractivity contribution in [3.05, 3.63) is 48.0 Å². The van der Waals surface area contributed by atoms with Crippen molar-refractivity contribution in [1.29, 1.82) is 0 Å². The Labute approximate surface area is 211 Å². The number of thioether (sulfide) groups is 1. The monoisotopic (exact) mass is 518 g/mol. The molecule has 1 aromatic rings. The smallest absolute Gasteiger partial charge is 0.375 e. The minimum Gasteiger partial charge on any atom is -0.457 e. The predicted octanol–water partition coefficient (Wildman–Crippen LogP) is 5.00. The maximum atomic E-state index is 17.5. The van der Waals surface area contributed by atoms with Crippen LogP contribution in [0.1, 0.15) is 50.6 Å². The Kier molecular flexibility index (Phi) is 5.11. The van der Waals surface area contributed by atoms with Gasteiger partial charge in [-0.15, -0.1) is 0 Å². The molecule has 5 aliphatic rings. The van der Waals surface area contributed by atoms with E-state index >= 15 is 4.39 Å². The van der Waals surface area contributed by atoms with Gasteiger partial charge in [-0.05, 0) is 67.6 Å². The van der Waals surface area contributed by atoms with E-state index in [1.54, 1.807) is 19.9 Å². The Hall–Kier alpha value is -2.26. The largest absolute Gasteiger partial charge is 0.457 e. The fourth-order valence-electron chi connectivity index (χ4n) is 8.46. The molecule has 6 nitrogen and oxygen atoms in total. The standard InChI is InChI=1S/C27H28F2O6S/c1-14-11-17-16-8-6-15-7-9-18(30)21-25(15,3)26(16,29)20(34-21)12-24(17,2)27(14,23(32)36-13-28)35-22(31)19-5-4-10-33-19/h4-7,9-10,14,16-17,20-21H,8,11-13H2,1-3H3/t14-,16+,17+,20+,21-,24+,25+,26+,27+/m1/s1. The van der Waals surface area contributed by atoms with Gasteiger partial charge in [-0.3, -0.25) is 9.59 Å². The van der Waals surface area contributed by atoms with Gasteiger partial charge in [-0.25, -0.2) is 13.6 Å². The lowest BCUT2D eigenvalue weighted by molar-refractivity contribution is -0.188. The SMILES string of the molecule is C[C@@H]1C[C@H]2[C@@H]3CC=C4C=CC(=O)[C@H]5O[C@@H](C[C@]2(C)[C@@]1(OC(=O)c1ccco1)C(=O)SCF)[C@]3(F)[C@@]45C. The maximum Gasteiger partial charge on any atom is 0.375 e. The number of carbonyl (C=O) groups is 3. The van der Waals surface area contributed by atoms with Crippen molar-refractivity contribution in [2.24, 2.45) is 28.6 Å². The zero-order chi connectivity index (χ0) is 25.7. The van der Waals surface area contributed by atoms with Crippen LogP contribution >= 0.6 is 11.8 Å². The average Bonchev–Trinajstić information content (AvgIpc) is 3.50. The van der Waals surface area contributed by atoms with Crippen molar-refractivity contribution in [1.82, 2.24) is 0 Å². The van der Waals surface area contributed by atoms with E-state index in [2.05, 4.69) is 0 Å². The van der Waals surface area contributed by atoms with Gasteiger partial charge in [0.2, 0.25) is 10.9 Å². The topological polar surface area (TPSA) is 82.8 Å². The second-order valence-corrected chi connectivity index (χ2v) is 12.1. The minimum absolute atomic E-state index is 0.0612. The van der Waals surface area contributed by atoms with Crippen LogP contribution in [0.25, 0.3) is 0 Å². The van der Waals surface area contributed by atoms with Gasteiger partial charge in [0.05, 0.1) is 17.8 Å². The maximum absolute atomic E-state index is 17.5. The summed E-state index contributed by atoms with van der Waals surface area (Å²) in [5.74, 6) is -2.58. The number of furan rings is 1. The molecule has 0 radical (unpaired) electrons. The summed E-state index contributed by atoms with van der Waals surface area (Å²) in [6, 6.07) is 2.00. The lowest BCUT2D eigenvalue weighted by atomic mass is 9.46. The highest BCUT2D eigenvalue weighted by Gasteiger charge is 2.81. The molecule has 2 heterocycles. The summed E-state index contributed by atoms with van der Waals surface area (Å²) in [6.45, 7) is 5.41. The van der Waals surface area contributed by atoms with Gasteiger partial charge in [-0.1, -0.05) is 26.0 Å². The number of carbonyl (C=O) groups excluding carboxylic acids is 3. The number of ether oxygens (including phenoxy) is 2. The highest BCUT2D eigenvalue weighted by atomic mass is 32.2. The molecule has 3 fully saturated rings. The van der Waals surface area contributed by atoms with Crippen LogP contribution in [0.15, 0.2) is 46.6 Å². The summed E-state index contributed by atoms with van der Waals surface area (Å²) in [6.07, 6.45) is 5.39. The quantitative estimate of drug-likeness (QED) is 0.519. The summed E-state index contributed by atoms with van der Waals surface area (Å²) >= 11 is 0.463. The van der Waals surface area contributed by atoms with Crippen LogP contribution in [-0.4, -0.2) is 46.4 Å². The number of rotatable bonds is 4. The van der Waals surface area contributed by atoms with Crippen molar-refractivity contribution in [2.45, 2.75) is 63.5 Å². The molecular weight excluding hydrogens is 490 g/mol. The summed E-state index contributed by atoms with van der Waals surface area (Å²) in [4.78, 5) is 39.7. The van der Waals surface area contributed by atoms with Gasteiger partial charge in [0.15, 0.2) is 17.1 Å². The van der Waals surface area contributed by atoms with Crippen LogP contribution in [0.3, 0.4) is 0 Å². The number of hydrogen-bond donors (Lipinski definition) is 0. The van der Waals surface area contributed by atoms with E-state index in [1.165, 1.54) is 24.5 Å². The molecule has 0 amide bonds. The van der Waals surface area contributed by atoms with E-state index in [0.29, 0.717) is 24.6 Å². The number of alkyl halides is 2. The molecule has 1 aromatic heterocycles. The minimum atomic E-state index is -1.83. The van der Waals surface area contributed by atoms with E-state index < -0.39 is 63.2 Å². The molecule has 0 bridgehead atoms. The summed E-state index contributed by atoms with van der Waals surface area (Å²) in [7, 11) is 0. The molecule has 0 spiro atoms. The highest BCUT2D eigenvalue weighted by molar-refractivity contribution is 8.13. The van der Waals surface area contributed by atoms with Crippen molar-refractivity contribution in [3.63, 3.8) is 0 Å². The van der Waals surface area contributed by atoms with Crippen LogP contribution in [0.5, 0.6) is 0 Å². The van der Waals surface area contributed by atoms with E-state index in [1.807, 2.05) is 13.0 Å². The third-order valence-corrected chi connectivity index (χ3v) is 10.7. The molecule has 9 heteroatoms. The Balaban J connectivity index is 1.49. The molecule has 6 rings (SSSR count). The van der Waals surface area contributed by atoms with Gasteiger partial charge in [0.25, 0.3) is 0 Å². The highest BCUT2D eigenvalue weighted by Crippen LogP contribution is 2.74. The number of hydrogen-bond acceptors (Lipinski definition) is 7. The number of halogens is 2. The Morgan fingerprint density at radius 1 is 1.25 bits per heavy atom. The van der Waals surface area contributed by atoms with Gasteiger partial charge in [0.1, 0.15) is 12.1 Å². The lowest BCUT2D eigenvalue weighted by Crippen LogP contribution is -2.67. The molecule has 4 aliphatic carbocycles. The fourth-order valence-corrected chi connectivity index (χ4v) is 9.25. The van der Waals surface area contributed by atoms with Gasteiger partial charge >= 0.3 is 5.97 Å². The van der Waals surface area contributed by atoms with Crippen LogP contribution in [0, 0.1) is 28.6 Å². The zero-order valence-electron chi connectivity index (χ0n) is 20.3. The predicted molar refractivity (Wildman–Crippen MR) is 126 cm³/mol. The van der Waals surface area contributed by atoms with Crippen LogP contribution in [-0.2, 0) is 19.1 Å². The number of fused-ring (bicyclic) bond motifs is 2. The Morgan fingerprint density at radius 2 is 2.03 bits per heavy atom. The molecule has 36 heavy (non-hydrogen) atoms. The van der Waals surface area contributed by atoms with E-state index in [4.69, 9.17) is 13.9 Å². The average molecular weight is 519 g/mol. The van der Waals surface area contributed by atoms with Crippen LogP contribution in [0.4, 0.5) is 8.78 Å². The van der Waals surface area contributed by atoms with E-state index in [9.17, 15) is 18.8 Å². The molecule has 2 saturated carbocycles. The first kappa shape index (κ1) is 24.1.